The van der Waals surface area contributed by atoms with E-state index < -0.39 is 78.1 Å². The molecule has 7 rings (SSSR count). The third-order valence-corrected chi connectivity index (χ3v) is 22.0. The maximum atomic E-state index is 15.0. The molecule has 1 fully saturated rings. The summed E-state index contributed by atoms with van der Waals surface area (Å²) in [6.45, 7) is 6.82. The normalized spacial score (nSPS) is 15.4. The van der Waals surface area contributed by atoms with E-state index in [2.05, 4.69) is 24.1 Å². The zero-order valence-electron chi connectivity index (χ0n) is 66.3. The first kappa shape index (κ1) is 87.0. The fraction of sp³-hybridized carbons (Fsp3) is 0.609. The average molecular weight is 1480 g/mol. The van der Waals surface area contributed by atoms with Gasteiger partial charge in [0.25, 0.3) is 5.56 Å². The molecule has 5 aromatic carbocycles. The fourth-order valence-corrected chi connectivity index (χ4v) is 15.4. The summed E-state index contributed by atoms with van der Waals surface area (Å²) in [6, 6.07) is 38.8. The third-order valence-electron chi connectivity index (χ3n) is 22.0. The molecular weight excluding hydrogens is 1340 g/mol. The number of nitrogens with one attached hydrogen (secondary N) is 2. The van der Waals surface area contributed by atoms with Gasteiger partial charge in [0.2, 0.25) is 5.91 Å². The molecule has 0 spiro atoms. The number of carbonyl (C=O) groups excluding carboxylic acids is 1. The Morgan fingerprint density at radius 3 is 1.21 bits per heavy atom. The lowest BCUT2D eigenvalue weighted by Gasteiger charge is -2.39. The predicted molar refractivity (Wildman–Crippen MR) is 433 cm³/mol. The molecule has 1 unspecified atom stereocenters. The topological polar surface area (TPSA) is 197 Å². The first-order valence-electron chi connectivity index (χ1n) is 42.0. The van der Waals surface area contributed by atoms with Crippen LogP contribution >= 0.6 is 0 Å². The van der Waals surface area contributed by atoms with Crippen molar-refractivity contribution >= 4 is 11.9 Å². The summed E-state index contributed by atoms with van der Waals surface area (Å²) in [5.74, 6) is -1.34. The lowest BCUT2D eigenvalue weighted by molar-refractivity contribution is -0.168. The molecule has 0 saturated carbocycles. The summed E-state index contributed by atoms with van der Waals surface area (Å²) in [4.78, 5) is 57.8. The third kappa shape index (κ3) is 30.0. The van der Waals surface area contributed by atoms with Gasteiger partial charge >= 0.3 is 11.7 Å². The largest absolute Gasteiger partial charge is 0.497 e. The van der Waals surface area contributed by atoms with E-state index in [1.165, 1.54) is 244 Å². The molecule has 15 nitrogen and oxygen atoms in total. The lowest BCUT2D eigenvalue weighted by Crippen LogP contribution is -2.53. The molecule has 15 heteroatoms. The van der Waals surface area contributed by atoms with Crippen LogP contribution in [0.3, 0.4) is 0 Å². The van der Waals surface area contributed by atoms with Crippen molar-refractivity contribution in [1.82, 2.24) is 14.9 Å². The number of aliphatic carboxylic acids is 1. The minimum atomic E-state index is -2.37. The van der Waals surface area contributed by atoms with Gasteiger partial charge in [-0.05, 0) is 96.1 Å². The number of amides is 1. The number of hydrogen-bond donors (Lipinski definition) is 4. The van der Waals surface area contributed by atoms with Crippen LogP contribution in [0.4, 0.5) is 0 Å². The number of aromatic nitrogens is 2. The Labute approximate surface area is 642 Å². The van der Waals surface area contributed by atoms with Crippen molar-refractivity contribution < 1.29 is 48.2 Å². The summed E-state index contributed by atoms with van der Waals surface area (Å²) in [6.07, 6.45) is 50.3. The van der Waals surface area contributed by atoms with Gasteiger partial charge in [0.1, 0.15) is 46.5 Å². The van der Waals surface area contributed by atoms with E-state index in [1.54, 1.807) is 14.2 Å². The highest BCUT2D eigenvalue weighted by Gasteiger charge is 2.57. The summed E-state index contributed by atoms with van der Waals surface area (Å²) < 4.78 is 38.8. The molecule has 0 bridgehead atoms. The fourth-order valence-electron chi connectivity index (χ4n) is 15.4. The highest BCUT2D eigenvalue weighted by atomic mass is 16.6. The number of methoxy groups -OCH3 is 2. The zero-order valence-corrected chi connectivity index (χ0v) is 66.3. The number of carboxylic acids is 1. The SMILES string of the molecule is CCCCCCCCCCCCCCCCCCCCCCOc1ccc(C(NC(=O)CC(C(=O)O)[C@]2(O)C[C@H](n3cc(C)c(=O)[nH]c3=O)O[C@@H]2COC(c2ccccc2)(c2ccc(OC)cc2)c2ccc(OC)cc2)c2ccc(OCCCCCCCCCCCCCCCCCCCCCC)cc2)cc1. The van der Waals surface area contributed by atoms with E-state index in [1.807, 2.05) is 127 Å². The van der Waals surface area contributed by atoms with E-state index in [-0.39, 0.29) is 5.56 Å². The Kier molecular flexibility index (Phi) is 41.1. The number of H-pyrrole nitrogens is 1. The summed E-state index contributed by atoms with van der Waals surface area (Å²) in [5.41, 5.74) is -1.57. The van der Waals surface area contributed by atoms with Gasteiger partial charge in [-0.2, -0.15) is 0 Å². The molecule has 1 aliphatic heterocycles. The zero-order chi connectivity index (χ0) is 76.0. The Bertz CT molecular complexity index is 3330. The van der Waals surface area contributed by atoms with Crippen molar-refractivity contribution in [1.29, 1.82) is 0 Å². The predicted octanol–water partition coefficient (Wildman–Crippen LogP) is 22.3. The maximum Gasteiger partial charge on any atom is 0.330 e. The van der Waals surface area contributed by atoms with E-state index >= 15 is 4.79 Å². The van der Waals surface area contributed by atoms with Crippen LogP contribution in [0.25, 0.3) is 0 Å². The highest BCUT2D eigenvalue weighted by molar-refractivity contribution is 5.84. The van der Waals surface area contributed by atoms with E-state index in [0.717, 1.165) is 41.4 Å². The average Bonchev–Trinajstić information content (AvgIpc) is 1.44. The quantitative estimate of drug-likeness (QED) is 0.0209. The first-order valence-corrected chi connectivity index (χ1v) is 42.0. The Morgan fingerprint density at radius 1 is 0.505 bits per heavy atom. The van der Waals surface area contributed by atoms with Gasteiger partial charge in [0.15, 0.2) is 0 Å². The van der Waals surface area contributed by atoms with Crippen LogP contribution in [0.1, 0.15) is 329 Å². The van der Waals surface area contributed by atoms with Crippen LogP contribution in [0.5, 0.6) is 23.0 Å². The summed E-state index contributed by atoms with van der Waals surface area (Å²) in [5, 5.41) is 28.0. The number of aliphatic hydroxyl groups is 1. The second kappa shape index (κ2) is 50.5. The summed E-state index contributed by atoms with van der Waals surface area (Å²) in [7, 11) is 3.16. The molecule has 2 heterocycles. The molecule has 590 valence electrons. The van der Waals surface area contributed by atoms with Crippen molar-refractivity contribution in [3.8, 4) is 23.0 Å². The van der Waals surface area contributed by atoms with Crippen LogP contribution in [0.15, 0.2) is 143 Å². The van der Waals surface area contributed by atoms with Crippen LogP contribution < -0.4 is 35.5 Å². The number of aryl methyl sites for hydroxylation is 1. The number of ether oxygens (including phenoxy) is 6. The van der Waals surface area contributed by atoms with Crippen molar-refractivity contribution in [3.63, 3.8) is 0 Å². The minimum absolute atomic E-state index is 0.190. The smallest absolute Gasteiger partial charge is 0.330 e. The van der Waals surface area contributed by atoms with Gasteiger partial charge in [0.05, 0.1) is 46.0 Å². The van der Waals surface area contributed by atoms with Crippen molar-refractivity contribution in [2.75, 3.05) is 34.0 Å². The maximum absolute atomic E-state index is 15.0. The number of nitrogens with zero attached hydrogens (tertiary/aromatic N) is 1. The molecule has 1 aromatic heterocycles. The van der Waals surface area contributed by atoms with Crippen LogP contribution in [-0.2, 0) is 24.7 Å². The number of aromatic amines is 1. The number of unbranched alkanes of at least 4 members (excludes halogenated alkanes) is 38. The van der Waals surface area contributed by atoms with Gasteiger partial charge in [-0.25, -0.2) is 4.79 Å². The van der Waals surface area contributed by atoms with Crippen LogP contribution in [-0.4, -0.2) is 77.4 Å². The number of carbonyl (C=O) groups is 2. The van der Waals surface area contributed by atoms with Gasteiger partial charge in [-0.15, -0.1) is 0 Å². The second-order valence-corrected chi connectivity index (χ2v) is 30.4. The number of benzene rings is 5. The second-order valence-electron chi connectivity index (χ2n) is 30.4. The Morgan fingerprint density at radius 2 is 0.850 bits per heavy atom. The van der Waals surface area contributed by atoms with E-state index in [4.69, 9.17) is 28.4 Å². The Balaban J connectivity index is 0.988. The Hall–Kier alpha value is -7.20. The van der Waals surface area contributed by atoms with E-state index in [0.29, 0.717) is 52.9 Å². The van der Waals surface area contributed by atoms with Crippen molar-refractivity contribution in [3.05, 3.63) is 188 Å². The van der Waals surface area contributed by atoms with Gasteiger partial charge in [-0.1, -0.05) is 337 Å². The number of hydrogen-bond acceptors (Lipinski definition) is 11. The van der Waals surface area contributed by atoms with Gasteiger partial charge in [-0.3, -0.25) is 23.9 Å². The molecule has 0 aliphatic carbocycles. The van der Waals surface area contributed by atoms with Crippen LogP contribution in [0.2, 0.25) is 0 Å². The molecular formula is C92H135N3O12. The van der Waals surface area contributed by atoms with Crippen LogP contribution in [0, 0.1) is 12.8 Å². The lowest BCUT2D eigenvalue weighted by atomic mass is 9.78. The standard InChI is InChI=1S/C92H135N3O12/c1-6-8-10-12-14-16-18-20-22-24-26-28-30-32-34-36-38-40-42-47-67-104-81-59-51-74(52-60-81)87(75-53-61-82(62-54-75)105-68-48-43-41-39-37-35-33-31-29-27-25-23-21-19-17-15-13-11-9-7-2)93-85(96)69-83(89(98)99)91(101)70-86(95-71-73(3)88(97)94-90(95)100)107-84(91)72-106-92(76-49-45-44-46-50-76,77-55-63-79(102-4)64-56-77)78-57-65-80(103-5)66-58-78/h44-46,49-66,71,83-84,86-87,101H,6-43,47-48,67-70,72H2,1-5H3,(H,93,96)(H,98,99)(H,94,97,100)/t83?,84-,86-,91-/m1/s1. The highest BCUT2D eigenvalue weighted by Crippen LogP contribution is 2.47. The van der Waals surface area contributed by atoms with Crippen molar-refractivity contribution in [2.45, 2.75) is 320 Å². The molecule has 6 aromatic rings. The molecule has 1 aliphatic rings. The molecule has 4 N–H and O–H groups in total. The minimum Gasteiger partial charge on any atom is -0.497 e. The first-order chi connectivity index (χ1) is 52.3. The van der Waals surface area contributed by atoms with Gasteiger partial charge in [0, 0.05) is 24.6 Å². The summed E-state index contributed by atoms with van der Waals surface area (Å²) >= 11 is 0. The van der Waals surface area contributed by atoms with Gasteiger partial charge < -0.3 is 44.0 Å². The molecule has 1 saturated heterocycles. The van der Waals surface area contributed by atoms with E-state index in [9.17, 15) is 24.6 Å². The monoisotopic (exact) mass is 1470 g/mol. The number of rotatable bonds is 60. The molecule has 107 heavy (non-hydrogen) atoms. The molecule has 1 amide bonds. The number of carboxylic acid groups (broad SMARTS) is 1. The molecule has 0 radical (unpaired) electrons. The van der Waals surface area contributed by atoms with Crippen molar-refractivity contribution in [2.24, 2.45) is 5.92 Å². The molecule has 4 atom stereocenters.